The highest BCUT2D eigenvalue weighted by molar-refractivity contribution is 7.80. The molecule has 1 aromatic carbocycles. The van der Waals surface area contributed by atoms with E-state index < -0.39 is 5.82 Å². The Bertz CT molecular complexity index is 636. The molecule has 1 aromatic heterocycles. The first-order valence-corrected chi connectivity index (χ1v) is 6.32. The van der Waals surface area contributed by atoms with E-state index in [1.54, 1.807) is 13.0 Å². The summed E-state index contributed by atoms with van der Waals surface area (Å²) in [6.07, 6.45) is 2.98. The molecule has 1 heterocycles. The van der Waals surface area contributed by atoms with Crippen LogP contribution in [-0.2, 0) is 0 Å². The van der Waals surface area contributed by atoms with Crippen LogP contribution in [0, 0.1) is 5.82 Å². The quantitative estimate of drug-likeness (QED) is 0.824. The van der Waals surface area contributed by atoms with Crippen molar-refractivity contribution in [1.29, 1.82) is 0 Å². The Balaban J connectivity index is 2.27. The molecular formula is C13H13FN4OS. The lowest BCUT2D eigenvalue weighted by Crippen LogP contribution is -2.15. The molecule has 0 saturated carbocycles. The highest BCUT2D eigenvalue weighted by Gasteiger charge is 2.10. The van der Waals surface area contributed by atoms with E-state index >= 15 is 0 Å². The van der Waals surface area contributed by atoms with Gasteiger partial charge in [-0.25, -0.2) is 14.4 Å². The second-order valence-corrected chi connectivity index (χ2v) is 4.26. The molecular weight excluding hydrogens is 279 g/mol. The molecule has 0 bridgehead atoms. The predicted octanol–water partition coefficient (Wildman–Crippen LogP) is 2.39. The van der Waals surface area contributed by atoms with Crippen LogP contribution < -0.4 is 15.8 Å². The van der Waals surface area contributed by atoms with Crippen molar-refractivity contribution in [2.24, 2.45) is 5.73 Å². The van der Waals surface area contributed by atoms with Crippen LogP contribution >= 0.6 is 12.2 Å². The highest BCUT2D eigenvalue weighted by atomic mass is 32.1. The van der Waals surface area contributed by atoms with Crippen LogP contribution in [0.1, 0.15) is 12.6 Å². The Labute approximate surface area is 121 Å². The van der Waals surface area contributed by atoms with Gasteiger partial charge in [-0.2, -0.15) is 0 Å². The summed E-state index contributed by atoms with van der Waals surface area (Å²) in [5.41, 5.74) is 6.42. The maximum Gasteiger partial charge on any atom is 0.167 e. The summed E-state index contributed by atoms with van der Waals surface area (Å²) in [6, 6.07) is 4.52. The van der Waals surface area contributed by atoms with Gasteiger partial charge in [0.05, 0.1) is 6.61 Å². The maximum absolute atomic E-state index is 13.7. The average molecular weight is 292 g/mol. The van der Waals surface area contributed by atoms with Crippen molar-refractivity contribution in [2.45, 2.75) is 6.92 Å². The van der Waals surface area contributed by atoms with E-state index in [0.29, 0.717) is 23.8 Å². The fourth-order valence-corrected chi connectivity index (χ4v) is 1.75. The number of hydrogen-bond acceptors (Lipinski definition) is 5. The fraction of sp³-hybridized carbons (Fsp3) is 0.154. The maximum atomic E-state index is 13.7. The van der Waals surface area contributed by atoms with Gasteiger partial charge in [0.1, 0.15) is 10.7 Å². The van der Waals surface area contributed by atoms with Crippen molar-refractivity contribution in [3.05, 3.63) is 42.1 Å². The van der Waals surface area contributed by atoms with Crippen LogP contribution in [-0.4, -0.2) is 21.6 Å². The molecule has 0 saturated heterocycles. The number of nitrogens with one attached hydrogen (secondary N) is 1. The molecule has 5 nitrogen and oxygen atoms in total. The summed E-state index contributed by atoms with van der Waals surface area (Å²) in [7, 11) is 0. The lowest BCUT2D eigenvalue weighted by atomic mass is 10.2. The number of nitrogens with zero attached hydrogens (tertiary/aromatic N) is 2. The molecule has 0 aliphatic rings. The highest BCUT2D eigenvalue weighted by Crippen LogP contribution is 2.23. The molecule has 0 aliphatic heterocycles. The summed E-state index contributed by atoms with van der Waals surface area (Å²) >= 11 is 4.89. The van der Waals surface area contributed by atoms with Gasteiger partial charge < -0.3 is 15.8 Å². The van der Waals surface area contributed by atoms with E-state index in [2.05, 4.69) is 15.3 Å². The number of rotatable bonds is 5. The van der Waals surface area contributed by atoms with E-state index in [1.807, 2.05) is 0 Å². The molecule has 0 unspecified atom stereocenters. The number of anilines is 2. The number of aromatic nitrogens is 2. The van der Waals surface area contributed by atoms with Gasteiger partial charge in [-0.1, -0.05) is 12.2 Å². The molecule has 7 heteroatoms. The standard InChI is InChI=1S/C13H13FN4OS/c1-2-19-10-4-3-8(7-9(10)14)18-13-11(12(15)20)16-5-6-17-13/h3-7H,2H2,1H3,(H2,15,20)(H,17,18). The number of halogens is 1. The van der Waals surface area contributed by atoms with E-state index in [4.69, 9.17) is 22.7 Å². The van der Waals surface area contributed by atoms with Gasteiger partial charge in [-0.05, 0) is 19.1 Å². The molecule has 20 heavy (non-hydrogen) atoms. The first kappa shape index (κ1) is 14.1. The number of ether oxygens (including phenoxy) is 1. The molecule has 0 amide bonds. The molecule has 0 spiro atoms. The van der Waals surface area contributed by atoms with Crippen molar-refractivity contribution in [2.75, 3.05) is 11.9 Å². The predicted molar refractivity (Wildman–Crippen MR) is 78.8 cm³/mol. The lowest BCUT2D eigenvalue weighted by molar-refractivity contribution is 0.321. The fourth-order valence-electron chi connectivity index (χ4n) is 1.60. The molecule has 0 aliphatic carbocycles. The number of nitrogens with two attached hydrogens (primary N) is 1. The number of thiocarbonyl (C=S) groups is 1. The van der Waals surface area contributed by atoms with Crippen molar-refractivity contribution in [3.63, 3.8) is 0 Å². The summed E-state index contributed by atoms with van der Waals surface area (Å²) in [5.74, 6) is 0.118. The minimum Gasteiger partial charge on any atom is -0.491 e. The summed E-state index contributed by atoms with van der Waals surface area (Å²) in [5, 5.41) is 2.93. The van der Waals surface area contributed by atoms with Crippen molar-refractivity contribution in [3.8, 4) is 5.75 Å². The largest absolute Gasteiger partial charge is 0.491 e. The Kier molecular flexibility index (Phi) is 4.41. The molecule has 2 rings (SSSR count). The minimum absolute atomic E-state index is 0.118. The van der Waals surface area contributed by atoms with E-state index in [1.165, 1.54) is 24.5 Å². The van der Waals surface area contributed by atoms with Gasteiger partial charge in [-0.3, -0.25) is 0 Å². The zero-order valence-electron chi connectivity index (χ0n) is 10.8. The van der Waals surface area contributed by atoms with Gasteiger partial charge in [0, 0.05) is 24.1 Å². The van der Waals surface area contributed by atoms with Gasteiger partial charge in [-0.15, -0.1) is 0 Å². The van der Waals surface area contributed by atoms with Gasteiger partial charge >= 0.3 is 0 Å². The SMILES string of the molecule is CCOc1ccc(Nc2nccnc2C(N)=S)cc1F. The Morgan fingerprint density at radius 1 is 1.40 bits per heavy atom. The topological polar surface area (TPSA) is 73.1 Å². The third-order valence-corrected chi connectivity index (χ3v) is 2.62. The first-order chi connectivity index (χ1) is 9.61. The zero-order chi connectivity index (χ0) is 14.5. The summed E-state index contributed by atoms with van der Waals surface area (Å²) in [4.78, 5) is 8.24. The third-order valence-electron chi connectivity index (χ3n) is 2.43. The van der Waals surface area contributed by atoms with Crippen molar-refractivity contribution in [1.82, 2.24) is 9.97 Å². The van der Waals surface area contributed by atoms with Crippen LogP contribution in [0.2, 0.25) is 0 Å². The number of benzene rings is 1. The smallest absolute Gasteiger partial charge is 0.167 e. The zero-order valence-corrected chi connectivity index (χ0v) is 11.6. The monoisotopic (exact) mass is 292 g/mol. The van der Waals surface area contributed by atoms with Crippen LogP contribution in [0.4, 0.5) is 15.9 Å². The van der Waals surface area contributed by atoms with Crippen molar-refractivity contribution >= 4 is 28.7 Å². The van der Waals surface area contributed by atoms with Crippen molar-refractivity contribution < 1.29 is 9.13 Å². The Morgan fingerprint density at radius 3 is 2.80 bits per heavy atom. The average Bonchev–Trinajstić information content (AvgIpc) is 2.42. The van der Waals surface area contributed by atoms with E-state index in [0.717, 1.165) is 0 Å². The second kappa shape index (κ2) is 6.25. The van der Waals surface area contributed by atoms with Crippen LogP contribution in [0.5, 0.6) is 5.75 Å². The lowest BCUT2D eigenvalue weighted by Gasteiger charge is -2.10. The first-order valence-electron chi connectivity index (χ1n) is 5.92. The Hall–Kier alpha value is -2.28. The summed E-state index contributed by atoms with van der Waals surface area (Å²) < 4.78 is 18.9. The third kappa shape index (κ3) is 3.18. The van der Waals surface area contributed by atoms with Gasteiger partial charge in [0.2, 0.25) is 0 Å². The van der Waals surface area contributed by atoms with Gasteiger partial charge in [0.15, 0.2) is 17.4 Å². The van der Waals surface area contributed by atoms with E-state index in [-0.39, 0.29) is 10.7 Å². The number of hydrogen-bond donors (Lipinski definition) is 2. The normalized spacial score (nSPS) is 10.1. The second-order valence-electron chi connectivity index (χ2n) is 3.82. The molecule has 0 fully saturated rings. The van der Waals surface area contributed by atoms with Crippen LogP contribution in [0.25, 0.3) is 0 Å². The molecule has 3 N–H and O–H groups in total. The van der Waals surface area contributed by atoms with Crippen LogP contribution in [0.3, 0.4) is 0 Å². The molecule has 0 radical (unpaired) electrons. The molecule has 104 valence electrons. The molecule has 2 aromatic rings. The van der Waals surface area contributed by atoms with Gasteiger partial charge in [0.25, 0.3) is 0 Å². The molecule has 0 atom stereocenters. The van der Waals surface area contributed by atoms with Crippen LogP contribution in [0.15, 0.2) is 30.6 Å². The summed E-state index contributed by atoms with van der Waals surface area (Å²) in [6.45, 7) is 2.19. The Morgan fingerprint density at radius 2 is 2.15 bits per heavy atom. The van der Waals surface area contributed by atoms with E-state index in [9.17, 15) is 4.39 Å². The minimum atomic E-state index is -0.461.